The third-order valence-corrected chi connectivity index (χ3v) is 4.53. The van der Waals surface area contributed by atoms with Crippen LogP contribution in [0.3, 0.4) is 0 Å². The number of methoxy groups -OCH3 is 1. The molecule has 25 heavy (non-hydrogen) atoms. The second-order valence-corrected chi connectivity index (χ2v) is 6.41. The van der Waals surface area contributed by atoms with Crippen LogP contribution in [0.1, 0.15) is 25.0 Å². The van der Waals surface area contributed by atoms with Gasteiger partial charge in [-0.2, -0.15) is 0 Å². The van der Waals surface area contributed by atoms with Crippen molar-refractivity contribution in [2.45, 2.75) is 33.5 Å². The Bertz CT molecular complexity index is 660. The van der Waals surface area contributed by atoms with E-state index in [4.69, 9.17) is 0 Å². The zero-order valence-electron chi connectivity index (χ0n) is 13.6. The van der Waals surface area contributed by atoms with Crippen molar-refractivity contribution in [2.24, 2.45) is 17.3 Å². The second kappa shape index (κ2) is 6.86. The molecule has 0 unspecified atom stereocenters. The van der Waals surface area contributed by atoms with Crippen LogP contribution in [0.2, 0.25) is 0 Å². The van der Waals surface area contributed by atoms with Crippen LogP contribution in [0.15, 0.2) is 0 Å². The number of benzene rings is 1. The Hall–Kier alpha value is -1.77. The molecule has 2 rings (SSSR count). The monoisotopic (exact) mass is 370 g/mol. The van der Waals surface area contributed by atoms with E-state index < -0.39 is 77.3 Å². The molecule has 0 amide bonds. The van der Waals surface area contributed by atoms with Gasteiger partial charge < -0.3 is 9.47 Å². The summed E-state index contributed by atoms with van der Waals surface area (Å²) in [5.41, 5.74) is -3.09. The average molecular weight is 370 g/mol. The summed E-state index contributed by atoms with van der Waals surface area (Å²) >= 11 is 0. The van der Waals surface area contributed by atoms with E-state index in [1.807, 2.05) is 0 Å². The summed E-state index contributed by atoms with van der Waals surface area (Å²) in [5.74, 6) is -10.3. The zero-order chi connectivity index (χ0) is 19.1. The third kappa shape index (κ3) is 3.33. The molecule has 2 atom stereocenters. The predicted octanol–water partition coefficient (Wildman–Crippen LogP) is 3.97. The minimum Gasteiger partial charge on any atom is -0.460 e. The van der Waals surface area contributed by atoms with Crippen molar-refractivity contribution >= 4 is 5.97 Å². The molecular formula is C16H16F6O3. The minimum atomic E-state index is -2.76. The van der Waals surface area contributed by atoms with Gasteiger partial charge in [-0.15, -0.1) is 0 Å². The van der Waals surface area contributed by atoms with Gasteiger partial charge in [-0.25, -0.2) is 26.3 Å². The molecule has 0 radical (unpaired) electrons. The highest BCUT2D eigenvalue weighted by Gasteiger charge is 2.66. The van der Waals surface area contributed by atoms with Crippen LogP contribution in [0, 0.1) is 40.5 Å². The molecule has 0 bridgehead atoms. The van der Waals surface area contributed by atoms with Gasteiger partial charge in [0.1, 0.15) is 6.61 Å². The summed E-state index contributed by atoms with van der Waals surface area (Å²) in [6.45, 7) is 1.05. The lowest BCUT2D eigenvalue weighted by Crippen LogP contribution is -2.15. The number of rotatable bonds is 6. The van der Waals surface area contributed by atoms with Gasteiger partial charge in [0.25, 0.3) is 0 Å². The van der Waals surface area contributed by atoms with Crippen molar-refractivity contribution in [1.82, 2.24) is 0 Å². The van der Waals surface area contributed by atoms with Crippen LogP contribution >= 0.6 is 0 Å². The van der Waals surface area contributed by atoms with E-state index in [1.54, 1.807) is 0 Å². The van der Waals surface area contributed by atoms with E-state index in [0.29, 0.717) is 0 Å². The Morgan fingerprint density at radius 1 is 1.00 bits per heavy atom. The Labute approximate surface area is 139 Å². The molecule has 9 heteroatoms. The van der Waals surface area contributed by atoms with Gasteiger partial charge >= 0.3 is 5.97 Å². The number of hydrogen-bond donors (Lipinski definition) is 0. The number of hydrogen-bond acceptors (Lipinski definition) is 3. The maximum atomic E-state index is 13.9. The standard InChI is InChI=1S/C16H16F6O3/c1-16(2)8(14(21)22)9(16)15(23)25-5-7-12(19)10(17)6(4-24-3)11(18)13(7)20/h8-9,14H,4-5H2,1-3H3/t8-,9+/m1/s1. The van der Waals surface area contributed by atoms with Crippen molar-refractivity contribution in [1.29, 1.82) is 0 Å². The normalized spacial score (nSPS) is 21.5. The Morgan fingerprint density at radius 2 is 1.44 bits per heavy atom. The van der Waals surface area contributed by atoms with Gasteiger partial charge in [-0.05, 0) is 5.41 Å². The van der Waals surface area contributed by atoms with Crippen LogP contribution in [-0.2, 0) is 27.5 Å². The van der Waals surface area contributed by atoms with Gasteiger partial charge in [0.15, 0.2) is 23.3 Å². The van der Waals surface area contributed by atoms with Crippen molar-refractivity contribution in [3.8, 4) is 0 Å². The first kappa shape index (κ1) is 19.6. The predicted molar refractivity (Wildman–Crippen MR) is 73.5 cm³/mol. The van der Waals surface area contributed by atoms with Crippen molar-refractivity contribution in [3.63, 3.8) is 0 Å². The fourth-order valence-electron chi connectivity index (χ4n) is 2.95. The molecule has 0 heterocycles. The molecule has 3 nitrogen and oxygen atoms in total. The average Bonchev–Trinajstić information content (AvgIpc) is 3.12. The van der Waals surface area contributed by atoms with Gasteiger partial charge in [0, 0.05) is 13.0 Å². The first-order valence-corrected chi connectivity index (χ1v) is 7.33. The minimum absolute atomic E-state index is 0.697. The van der Waals surface area contributed by atoms with Crippen molar-refractivity contribution in [3.05, 3.63) is 34.4 Å². The van der Waals surface area contributed by atoms with E-state index in [-0.39, 0.29) is 0 Å². The smallest absolute Gasteiger partial charge is 0.310 e. The number of carbonyl (C=O) groups is 1. The Kier molecular flexibility index (Phi) is 5.36. The number of alkyl halides is 2. The second-order valence-electron chi connectivity index (χ2n) is 6.41. The van der Waals surface area contributed by atoms with E-state index in [9.17, 15) is 31.1 Å². The molecule has 1 aromatic carbocycles. The summed E-state index contributed by atoms with van der Waals surface area (Å²) in [5, 5.41) is 0. The molecule has 1 fully saturated rings. The fraction of sp³-hybridized carbons (Fsp3) is 0.562. The summed E-state index contributed by atoms with van der Waals surface area (Å²) < 4.78 is 90.0. The van der Waals surface area contributed by atoms with Crippen LogP contribution in [0.4, 0.5) is 26.3 Å². The maximum Gasteiger partial charge on any atom is 0.310 e. The van der Waals surface area contributed by atoms with E-state index in [1.165, 1.54) is 13.8 Å². The first-order valence-electron chi connectivity index (χ1n) is 7.33. The van der Waals surface area contributed by atoms with E-state index >= 15 is 0 Å². The van der Waals surface area contributed by atoms with Crippen LogP contribution < -0.4 is 0 Å². The largest absolute Gasteiger partial charge is 0.460 e. The lowest BCUT2D eigenvalue weighted by molar-refractivity contribution is -0.148. The fourth-order valence-corrected chi connectivity index (χ4v) is 2.95. The van der Waals surface area contributed by atoms with Gasteiger partial charge in [-0.3, -0.25) is 4.79 Å². The molecule has 1 aliphatic rings. The number of esters is 1. The Morgan fingerprint density at radius 3 is 1.80 bits per heavy atom. The summed E-state index contributed by atoms with van der Waals surface area (Å²) in [4.78, 5) is 11.9. The lowest BCUT2D eigenvalue weighted by atomic mass is 10.1. The van der Waals surface area contributed by atoms with Crippen LogP contribution in [-0.4, -0.2) is 19.5 Å². The third-order valence-electron chi connectivity index (χ3n) is 4.53. The highest BCUT2D eigenvalue weighted by molar-refractivity contribution is 5.77. The quantitative estimate of drug-likeness (QED) is 0.432. The van der Waals surface area contributed by atoms with E-state index in [0.717, 1.165) is 7.11 Å². The van der Waals surface area contributed by atoms with Crippen LogP contribution in [0.5, 0.6) is 0 Å². The molecule has 0 spiro atoms. The number of halogens is 6. The van der Waals surface area contributed by atoms with Gasteiger partial charge in [0.05, 0.1) is 23.7 Å². The molecule has 0 N–H and O–H groups in total. The SMILES string of the molecule is COCc1c(F)c(F)c(COC(=O)[C@@H]2[C@H](C(F)F)C2(C)C)c(F)c1F. The molecule has 0 aliphatic heterocycles. The van der Waals surface area contributed by atoms with Gasteiger partial charge in [-0.1, -0.05) is 13.8 Å². The summed E-state index contributed by atoms with van der Waals surface area (Å²) in [6, 6.07) is 0. The topological polar surface area (TPSA) is 35.5 Å². The number of carbonyl (C=O) groups excluding carboxylic acids is 1. The molecule has 0 saturated heterocycles. The molecule has 140 valence electrons. The molecule has 1 saturated carbocycles. The highest BCUT2D eigenvalue weighted by atomic mass is 19.3. The first-order chi connectivity index (χ1) is 11.6. The molecular weight excluding hydrogens is 354 g/mol. The van der Waals surface area contributed by atoms with Crippen LogP contribution in [0.25, 0.3) is 0 Å². The highest BCUT2D eigenvalue weighted by Crippen LogP contribution is 2.61. The number of ether oxygens (including phenoxy) is 2. The zero-order valence-corrected chi connectivity index (χ0v) is 13.6. The van der Waals surface area contributed by atoms with Gasteiger partial charge in [0.2, 0.25) is 6.43 Å². The maximum absolute atomic E-state index is 13.9. The summed E-state index contributed by atoms with van der Waals surface area (Å²) in [6.07, 6.45) is -2.76. The summed E-state index contributed by atoms with van der Waals surface area (Å²) in [7, 11) is 1.08. The van der Waals surface area contributed by atoms with Crippen molar-refractivity contribution in [2.75, 3.05) is 7.11 Å². The molecule has 1 aromatic rings. The Balaban J connectivity index is 2.18. The molecule has 1 aliphatic carbocycles. The van der Waals surface area contributed by atoms with Crippen molar-refractivity contribution < 1.29 is 40.6 Å². The van der Waals surface area contributed by atoms with E-state index in [2.05, 4.69) is 9.47 Å². The molecule has 0 aromatic heterocycles. The lowest BCUT2D eigenvalue weighted by Gasteiger charge is -2.12.